The molecule has 3 nitrogen and oxygen atoms in total. The van der Waals surface area contributed by atoms with Gasteiger partial charge in [0.15, 0.2) is 0 Å². The second-order valence-electron chi connectivity index (χ2n) is 5.52. The van der Waals surface area contributed by atoms with E-state index in [9.17, 15) is 13.2 Å². The lowest BCUT2D eigenvalue weighted by atomic mass is 9.67. The first kappa shape index (κ1) is 16.0. The summed E-state index contributed by atoms with van der Waals surface area (Å²) >= 11 is 4.88. The van der Waals surface area contributed by atoms with E-state index in [1.54, 1.807) is 0 Å². The molecule has 1 aliphatic carbocycles. The van der Waals surface area contributed by atoms with Crippen LogP contribution in [0, 0.1) is 5.41 Å². The van der Waals surface area contributed by atoms with Crippen LogP contribution in [-0.2, 0) is 6.18 Å². The molecule has 1 aliphatic rings. The van der Waals surface area contributed by atoms with Crippen molar-refractivity contribution in [2.75, 3.05) is 11.9 Å². The Bertz CT molecular complexity index is 533. The molecular weight excluding hydrogens is 299 g/mol. The summed E-state index contributed by atoms with van der Waals surface area (Å²) in [6.07, 6.45) is -0.172. The van der Waals surface area contributed by atoms with Crippen molar-refractivity contribution in [1.82, 2.24) is 4.98 Å². The summed E-state index contributed by atoms with van der Waals surface area (Å²) in [6, 6.07) is 2.18. The van der Waals surface area contributed by atoms with Gasteiger partial charge in [-0.2, -0.15) is 13.2 Å². The van der Waals surface area contributed by atoms with Crippen LogP contribution in [0.15, 0.2) is 12.1 Å². The Balaban J connectivity index is 2.24. The van der Waals surface area contributed by atoms with E-state index in [2.05, 4.69) is 17.2 Å². The van der Waals surface area contributed by atoms with Gasteiger partial charge in [-0.1, -0.05) is 25.6 Å². The molecule has 1 aromatic heterocycles. The topological polar surface area (TPSA) is 50.9 Å². The van der Waals surface area contributed by atoms with Crippen LogP contribution in [0.3, 0.4) is 0 Å². The lowest BCUT2D eigenvalue weighted by molar-refractivity contribution is -0.141. The fourth-order valence-corrected chi connectivity index (χ4v) is 2.72. The number of alkyl halides is 3. The highest BCUT2D eigenvalue weighted by Gasteiger charge is 2.36. The number of anilines is 1. The van der Waals surface area contributed by atoms with Crippen molar-refractivity contribution in [2.45, 2.75) is 38.8 Å². The van der Waals surface area contributed by atoms with Crippen molar-refractivity contribution in [3.05, 3.63) is 23.4 Å². The first-order valence-corrected chi connectivity index (χ1v) is 7.30. The fraction of sp³-hybridized carbons (Fsp3) is 0.571. The molecule has 0 radical (unpaired) electrons. The van der Waals surface area contributed by atoms with Crippen LogP contribution in [0.5, 0.6) is 0 Å². The van der Waals surface area contributed by atoms with E-state index in [0.29, 0.717) is 12.1 Å². The number of nitrogens with two attached hydrogens (primary N) is 1. The third-order valence-corrected chi connectivity index (χ3v) is 4.47. The van der Waals surface area contributed by atoms with Gasteiger partial charge in [0, 0.05) is 6.54 Å². The van der Waals surface area contributed by atoms with Gasteiger partial charge in [0.2, 0.25) is 0 Å². The van der Waals surface area contributed by atoms with Crippen LogP contribution in [0.2, 0.25) is 0 Å². The van der Waals surface area contributed by atoms with Gasteiger partial charge >= 0.3 is 6.18 Å². The number of hydrogen-bond donors (Lipinski definition) is 2. The normalized spacial score (nSPS) is 17.1. The van der Waals surface area contributed by atoms with E-state index in [1.165, 1.54) is 6.07 Å². The third kappa shape index (κ3) is 3.45. The highest BCUT2D eigenvalue weighted by molar-refractivity contribution is 7.80. The summed E-state index contributed by atoms with van der Waals surface area (Å²) in [6.45, 7) is 2.68. The van der Waals surface area contributed by atoms with Gasteiger partial charge in [-0.3, -0.25) is 0 Å². The maximum Gasteiger partial charge on any atom is 0.433 e. The molecule has 0 spiro atoms. The molecule has 0 saturated heterocycles. The minimum absolute atomic E-state index is 0.0397. The van der Waals surface area contributed by atoms with E-state index in [0.717, 1.165) is 31.7 Å². The maximum atomic E-state index is 12.8. The smallest absolute Gasteiger partial charge is 0.389 e. The molecule has 1 aromatic rings. The summed E-state index contributed by atoms with van der Waals surface area (Å²) in [7, 11) is 0. The van der Waals surface area contributed by atoms with Gasteiger partial charge < -0.3 is 11.1 Å². The van der Waals surface area contributed by atoms with Crippen LogP contribution in [0.1, 0.15) is 43.9 Å². The Kier molecular flexibility index (Phi) is 4.41. The molecular formula is C14H18F3N3S. The summed E-state index contributed by atoms with van der Waals surface area (Å²) in [4.78, 5) is 3.70. The quantitative estimate of drug-likeness (QED) is 0.813. The summed E-state index contributed by atoms with van der Waals surface area (Å²) in [5, 5.41) is 3.02. The van der Waals surface area contributed by atoms with Crippen LogP contribution in [-0.4, -0.2) is 16.5 Å². The zero-order valence-corrected chi connectivity index (χ0v) is 12.6. The van der Waals surface area contributed by atoms with E-state index in [4.69, 9.17) is 18.0 Å². The van der Waals surface area contributed by atoms with Crippen molar-refractivity contribution in [3.63, 3.8) is 0 Å². The van der Waals surface area contributed by atoms with Crippen LogP contribution < -0.4 is 11.1 Å². The number of halogens is 3. The zero-order chi connectivity index (χ0) is 15.7. The van der Waals surface area contributed by atoms with Crippen molar-refractivity contribution >= 4 is 23.0 Å². The molecule has 0 aliphatic heterocycles. The predicted molar refractivity (Wildman–Crippen MR) is 80.2 cm³/mol. The molecule has 0 aromatic carbocycles. The summed E-state index contributed by atoms with van der Waals surface area (Å²) in [5.74, 6) is 0.122. The van der Waals surface area contributed by atoms with Crippen LogP contribution in [0.4, 0.5) is 19.0 Å². The predicted octanol–water partition coefficient (Wildman–Crippen LogP) is 3.73. The van der Waals surface area contributed by atoms with Gasteiger partial charge in [0.1, 0.15) is 16.5 Å². The molecule has 116 valence electrons. The second kappa shape index (κ2) is 5.79. The van der Waals surface area contributed by atoms with E-state index < -0.39 is 11.9 Å². The Morgan fingerprint density at radius 1 is 1.43 bits per heavy atom. The van der Waals surface area contributed by atoms with Crippen LogP contribution >= 0.6 is 12.2 Å². The number of nitrogens with zero attached hydrogens (tertiary/aromatic N) is 1. The SMILES string of the molecule is CCC1(CNc2nc(C(F)(F)F)ccc2C(N)=S)CCC1. The molecule has 21 heavy (non-hydrogen) atoms. The number of hydrogen-bond acceptors (Lipinski definition) is 3. The molecule has 1 saturated carbocycles. The minimum atomic E-state index is -4.48. The van der Waals surface area contributed by atoms with Crippen molar-refractivity contribution in [2.24, 2.45) is 11.1 Å². The number of nitrogens with one attached hydrogen (secondary N) is 1. The number of pyridine rings is 1. The summed E-state index contributed by atoms with van der Waals surface area (Å²) < 4.78 is 38.3. The lowest BCUT2D eigenvalue weighted by Crippen LogP contribution is -2.36. The highest BCUT2D eigenvalue weighted by atomic mass is 32.1. The molecule has 1 heterocycles. The Morgan fingerprint density at radius 2 is 2.10 bits per heavy atom. The number of thiocarbonyl (C=S) groups is 1. The molecule has 0 bridgehead atoms. The molecule has 7 heteroatoms. The largest absolute Gasteiger partial charge is 0.433 e. The third-order valence-electron chi connectivity index (χ3n) is 4.25. The second-order valence-corrected chi connectivity index (χ2v) is 5.96. The highest BCUT2D eigenvalue weighted by Crippen LogP contribution is 2.43. The van der Waals surface area contributed by atoms with Gasteiger partial charge in [-0.25, -0.2) is 4.98 Å². The zero-order valence-electron chi connectivity index (χ0n) is 11.8. The van der Waals surface area contributed by atoms with Gasteiger partial charge in [0.05, 0.1) is 5.56 Å². The Hall–Kier alpha value is -1.37. The monoisotopic (exact) mass is 317 g/mol. The average Bonchev–Trinajstić information content (AvgIpc) is 2.36. The standard InChI is InChI=1S/C14H18F3N3S/c1-2-13(6-3-7-13)8-19-12-9(11(18)21)4-5-10(20-12)14(15,16)17/h4-5H,2-3,6-8H2,1H3,(H2,18,21)(H,19,20). The fourth-order valence-electron chi connectivity index (χ4n) is 2.55. The lowest BCUT2D eigenvalue weighted by Gasteiger charge is -2.41. The van der Waals surface area contributed by atoms with Crippen molar-refractivity contribution in [3.8, 4) is 0 Å². The van der Waals surface area contributed by atoms with E-state index >= 15 is 0 Å². The first-order valence-electron chi connectivity index (χ1n) is 6.89. The van der Waals surface area contributed by atoms with Gasteiger partial charge in [0.25, 0.3) is 0 Å². The molecule has 0 amide bonds. The summed E-state index contributed by atoms with van der Waals surface area (Å²) in [5.41, 5.74) is 5.13. The average molecular weight is 317 g/mol. The number of rotatable bonds is 5. The molecule has 2 rings (SSSR count). The van der Waals surface area contributed by atoms with Gasteiger partial charge in [-0.15, -0.1) is 0 Å². The Morgan fingerprint density at radius 3 is 2.52 bits per heavy atom. The van der Waals surface area contributed by atoms with Crippen molar-refractivity contribution < 1.29 is 13.2 Å². The molecule has 0 unspecified atom stereocenters. The van der Waals surface area contributed by atoms with Crippen LogP contribution in [0.25, 0.3) is 0 Å². The maximum absolute atomic E-state index is 12.8. The molecule has 3 N–H and O–H groups in total. The Labute approximate surface area is 127 Å². The minimum Gasteiger partial charge on any atom is -0.389 e. The molecule has 1 fully saturated rings. The van der Waals surface area contributed by atoms with Gasteiger partial charge in [-0.05, 0) is 36.8 Å². The van der Waals surface area contributed by atoms with E-state index in [-0.39, 0.29) is 16.2 Å². The number of aromatic nitrogens is 1. The molecule has 0 atom stereocenters. The van der Waals surface area contributed by atoms with Crippen molar-refractivity contribution in [1.29, 1.82) is 0 Å². The first-order chi connectivity index (χ1) is 9.77. The van der Waals surface area contributed by atoms with E-state index in [1.807, 2.05) is 0 Å².